The minimum Gasteiger partial charge on any atom is -0.484 e. The van der Waals surface area contributed by atoms with Crippen LogP contribution in [0.2, 0.25) is 0 Å². The van der Waals surface area contributed by atoms with Gasteiger partial charge in [-0.15, -0.1) is 0 Å². The Kier molecular flexibility index (Phi) is 25.5. The first-order chi connectivity index (χ1) is 36.2. The fourth-order valence-corrected chi connectivity index (χ4v) is 7.71. The standard InChI is InChI=1S/C57H79IN6O14/c1-54(2,3)75-47(67)29-28-42(51(71)77-56(7,8)9)64-53(73)63-41(50(70)76-55(4,5)6)23-16-17-30-59-49(69)43(31-36-19-14-13-15-20-36)61-46(66)35-74-40-26-24-37(25-27-40)32-44(52(72)78-57(10,11)12)62-45(65)34-60-48(68)38-21-18-22-39(58)33-38/h13-15,18-22,24-27,33,41-44H,16-17,23,28-32,34-35H2,1-12H3,(H,59,69)(H,60,68)(H,61,66)(H,62,65)(H2,63,64,73)/t41-,42-,43-,44-/m0/s1. The summed E-state index contributed by atoms with van der Waals surface area (Å²) in [7, 11) is 0. The number of esters is 4. The van der Waals surface area contributed by atoms with Crippen molar-refractivity contribution < 1.29 is 66.8 Å². The van der Waals surface area contributed by atoms with Crippen LogP contribution < -0.4 is 36.6 Å². The second kappa shape index (κ2) is 30.4. The highest BCUT2D eigenvalue weighted by atomic mass is 127. The number of hydrogen-bond acceptors (Lipinski definition) is 14. The van der Waals surface area contributed by atoms with E-state index in [4.69, 9.17) is 23.7 Å². The minimum absolute atomic E-state index is 0.0402. The van der Waals surface area contributed by atoms with Gasteiger partial charge in [-0.1, -0.05) is 48.5 Å². The molecule has 428 valence electrons. The Morgan fingerprint density at radius 2 is 1.03 bits per heavy atom. The van der Waals surface area contributed by atoms with Crippen LogP contribution in [-0.2, 0) is 65.4 Å². The molecule has 78 heavy (non-hydrogen) atoms. The van der Waals surface area contributed by atoms with E-state index in [-0.39, 0.29) is 45.2 Å². The summed E-state index contributed by atoms with van der Waals surface area (Å²) in [5.74, 6) is -4.53. The topological polar surface area (TPSA) is 272 Å². The molecule has 0 bridgehead atoms. The normalized spacial score (nSPS) is 13.2. The molecule has 0 radical (unpaired) electrons. The molecular weight excluding hydrogens is 1120 g/mol. The number of carbonyl (C=O) groups excluding carboxylic acids is 9. The number of nitrogens with one attached hydrogen (secondary N) is 6. The summed E-state index contributed by atoms with van der Waals surface area (Å²) < 4.78 is 28.7. The van der Waals surface area contributed by atoms with Gasteiger partial charge in [-0.05, 0) is 173 Å². The quantitative estimate of drug-likeness (QED) is 0.0222. The summed E-state index contributed by atoms with van der Waals surface area (Å²) in [6.45, 7) is 19.6. The molecule has 0 spiro atoms. The number of halogens is 1. The maximum atomic E-state index is 13.7. The maximum absolute atomic E-state index is 13.7. The van der Waals surface area contributed by atoms with Crippen molar-refractivity contribution in [1.29, 1.82) is 0 Å². The number of unbranched alkanes of at least 4 members (excludes halogenated alkanes) is 1. The van der Waals surface area contributed by atoms with Gasteiger partial charge < -0.3 is 55.6 Å². The Morgan fingerprint density at radius 3 is 1.58 bits per heavy atom. The second-order valence-electron chi connectivity index (χ2n) is 22.5. The largest absolute Gasteiger partial charge is 0.484 e. The van der Waals surface area contributed by atoms with Crippen LogP contribution in [-0.4, -0.2) is 120 Å². The molecule has 0 aliphatic heterocycles. The van der Waals surface area contributed by atoms with Crippen molar-refractivity contribution in [2.45, 2.75) is 175 Å². The molecule has 0 fully saturated rings. The van der Waals surface area contributed by atoms with Crippen molar-refractivity contribution in [3.63, 3.8) is 0 Å². The van der Waals surface area contributed by atoms with E-state index >= 15 is 0 Å². The summed E-state index contributed by atoms with van der Waals surface area (Å²) in [6, 6.07) is 17.1. The number of rotatable bonds is 26. The Bertz CT molecular complexity index is 2510. The van der Waals surface area contributed by atoms with Crippen LogP contribution in [0.4, 0.5) is 4.79 Å². The van der Waals surface area contributed by atoms with E-state index in [2.05, 4.69) is 54.5 Å². The van der Waals surface area contributed by atoms with E-state index in [1.54, 1.807) is 126 Å². The molecule has 0 unspecified atom stereocenters. The lowest BCUT2D eigenvalue weighted by Gasteiger charge is -2.27. The van der Waals surface area contributed by atoms with Gasteiger partial charge in [-0.25, -0.2) is 19.2 Å². The molecule has 0 aromatic heterocycles. The van der Waals surface area contributed by atoms with E-state index in [9.17, 15) is 43.2 Å². The average molecular weight is 1200 g/mol. The van der Waals surface area contributed by atoms with Crippen molar-refractivity contribution in [1.82, 2.24) is 31.9 Å². The monoisotopic (exact) mass is 1200 g/mol. The predicted octanol–water partition coefficient (Wildman–Crippen LogP) is 6.32. The van der Waals surface area contributed by atoms with Crippen LogP contribution in [0.5, 0.6) is 5.75 Å². The summed E-state index contributed by atoms with van der Waals surface area (Å²) in [4.78, 5) is 118. The molecule has 0 aliphatic rings. The molecule has 3 rings (SSSR count). The molecule has 6 amide bonds. The third-order valence-corrected chi connectivity index (χ3v) is 11.1. The highest BCUT2D eigenvalue weighted by molar-refractivity contribution is 14.1. The van der Waals surface area contributed by atoms with Crippen molar-refractivity contribution in [3.8, 4) is 5.75 Å². The summed E-state index contributed by atoms with van der Waals surface area (Å²) in [5.41, 5.74) is -1.61. The first kappa shape index (κ1) is 65.5. The summed E-state index contributed by atoms with van der Waals surface area (Å²) >= 11 is 2.08. The summed E-state index contributed by atoms with van der Waals surface area (Å²) in [6.07, 6.45) is 0.635. The molecule has 20 nitrogen and oxygen atoms in total. The van der Waals surface area contributed by atoms with Gasteiger partial charge in [-0.2, -0.15) is 0 Å². The molecule has 4 atom stereocenters. The molecule has 3 aromatic carbocycles. The van der Waals surface area contributed by atoms with E-state index < -0.39 is 107 Å². The number of urea groups is 1. The van der Waals surface area contributed by atoms with Crippen LogP contribution in [0.1, 0.15) is 137 Å². The zero-order valence-electron chi connectivity index (χ0n) is 47.0. The summed E-state index contributed by atoms with van der Waals surface area (Å²) in [5, 5.41) is 16.0. The number of carbonyl (C=O) groups is 9. The fraction of sp³-hybridized carbons (Fsp3) is 0.526. The van der Waals surface area contributed by atoms with Gasteiger partial charge in [0.05, 0.1) is 6.54 Å². The van der Waals surface area contributed by atoms with Gasteiger partial charge in [-0.3, -0.25) is 24.0 Å². The van der Waals surface area contributed by atoms with Crippen molar-refractivity contribution in [2.75, 3.05) is 19.7 Å². The first-order valence-corrected chi connectivity index (χ1v) is 27.0. The third kappa shape index (κ3) is 27.5. The average Bonchev–Trinajstić information content (AvgIpc) is 3.31. The lowest BCUT2D eigenvalue weighted by atomic mass is 10.0. The van der Waals surface area contributed by atoms with Crippen molar-refractivity contribution >= 4 is 76.1 Å². The van der Waals surface area contributed by atoms with Crippen LogP contribution in [0, 0.1) is 3.57 Å². The molecule has 6 N–H and O–H groups in total. The molecule has 0 aliphatic carbocycles. The van der Waals surface area contributed by atoms with Crippen molar-refractivity contribution in [3.05, 3.63) is 99.1 Å². The second-order valence-corrected chi connectivity index (χ2v) is 23.7. The molecule has 0 saturated carbocycles. The third-order valence-electron chi connectivity index (χ3n) is 10.5. The van der Waals surface area contributed by atoms with E-state index in [1.165, 1.54) is 0 Å². The molecule has 0 saturated heterocycles. The lowest BCUT2D eigenvalue weighted by molar-refractivity contribution is -0.159. The zero-order valence-corrected chi connectivity index (χ0v) is 49.1. The SMILES string of the molecule is CC(C)(C)OC(=O)CC[C@H](NC(=O)N[C@@H](CCCCNC(=O)[C@H](Cc1ccccc1)NC(=O)COc1ccc(C[C@H](NC(=O)CNC(=O)c2cccc(I)c2)C(=O)OC(C)(C)C)cc1)C(=O)OC(C)(C)C)C(=O)OC(C)(C)C. The number of benzene rings is 3. The van der Waals surface area contributed by atoms with Gasteiger partial charge in [0.2, 0.25) is 11.8 Å². The Balaban J connectivity index is 1.62. The van der Waals surface area contributed by atoms with Crippen LogP contribution in [0.25, 0.3) is 0 Å². The van der Waals surface area contributed by atoms with E-state index in [0.717, 1.165) is 9.13 Å². The van der Waals surface area contributed by atoms with Gasteiger partial charge >= 0.3 is 29.9 Å². The number of ether oxygens (including phenoxy) is 5. The smallest absolute Gasteiger partial charge is 0.329 e. The Labute approximate surface area is 471 Å². The highest BCUT2D eigenvalue weighted by Gasteiger charge is 2.32. The Hall–Kier alpha value is -6.78. The first-order valence-electron chi connectivity index (χ1n) is 25.9. The molecule has 0 heterocycles. The van der Waals surface area contributed by atoms with E-state index in [0.29, 0.717) is 29.7 Å². The van der Waals surface area contributed by atoms with Gasteiger partial charge in [0.1, 0.15) is 52.3 Å². The number of amides is 6. The van der Waals surface area contributed by atoms with Crippen molar-refractivity contribution in [2.24, 2.45) is 0 Å². The highest BCUT2D eigenvalue weighted by Crippen LogP contribution is 2.18. The van der Waals surface area contributed by atoms with Gasteiger partial charge in [0.25, 0.3) is 11.8 Å². The molecule has 21 heteroatoms. The number of hydrogen-bond donors (Lipinski definition) is 6. The van der Waals surface area contributed by atoms with E-state index in [1.807, 2.05) is 36.4 Å². The maximum Gasteiger partial charge on any atom is 0.329 e. The van der Waals surface area contributed by atoms with Gasteiger partial charge in [0, 0.05) is 34.9 Å². The zero-order chi connectivity index (χ0) is 58.4. The fourth-order valence-electron chi connectivity index (χ4n) is 7.17. The van der Waals surface area contributed by atoms with Crippen LogP contribution in [0.3, 0.4) is 0 Å². The molecular formula is C57H79IN6O14. The van der Waals surface area contributed by atoms with Crippen LogP contribution in [0.15, 0.2) is 78.9 Å². The van der Waals surface area contributed by atoms with Gasteiger partial charge in [0.15, 0.2) is 6.61 Å². The Morgan fingerprint density at radius 1 is 0.513 bits per heavy atom. The molecule has 3 aromatic rings. The lowest BCUT2D eigenvalue weighted by Crippen LogP contribution is -2.53. The minimum atomic E-state index is -1.26. The predicted molar refractivity (Wildman–Crippen MR) is 300 cm³/mol. The van der Waals surface area contributed by atoms with Crippen LogP contribution >= 0.6 is 22.6 Å².